The van der Waals surface area contributed by atoms with Crippen LogP contribution in [0.3, 0.4) is 0 Å². The first-order valence-corrected chi connectivity index (χ1v) is 10.5. The van der Waals surface area contributed by atoms with E-state index in [1.54, 1.807) is 17.0 Å². The van der Waals surface area contributed by atoms with E-state index in [0.717, 1.165) is 31.4 Å². The fraction of sp³-hybridized carbons (Fsp3) is 0.350. The SMILES string of the molecule is Cc1ccc2c(c1)CCCN2C(=O)c1ccc(S(=O)(=O)NC2CC2)cc1. The van der Waals surface area contributed by atoms with Gasteiger partial charge in [-0.3, -0.25) is 4.79 Å². The number of nitrogens with zero attached hydrogens (tertiary/aromatic N) is 1. The number of hydrogen-bond acceptors (Lipinski definition) is 3. The number of carbonyl (C=O) groups excluding carboxylic acids is 1. The highest BCUT2D eigenvalue weighted by molar-refractivity contribution is 7.89. The van der Waals surface area contributed by atoms with Crippen molar-refractivity contribution in [1.82, 2.24) is 4.72 Å². The van der Waals surface area contributed by atoms with E-state index >= 15 is 0 Å². The Bertz CT molecular complexity index is 948. The lowest BCUT2D eigenvalue weighted by atomic mass is 9.99. The minimum Gasteiger partial charge on any atom is -0.308 e. The molecule has 0 aromatic heterocycles. The molecule has 2 aromatic carbocycles. The third kappa shape index (κ3) is 3.39. The van der Waals surface area contributed by atoms with Crippen LogP contribution < -0.4 is 9.62 Å². The molecular formula is C20H22N2O3S. The van der Waals surface area contributed by atoms with Crippen LogP contribution in [-0.2, 0) is 16.4 Å². The lowest BCUT2D eigenvalue weighted by Crippen LogP contribution is -2.35. The molecule has 0 radical (unpaired) electrons. The molecule has 5 nitrogen and oxygen atoms in total. The number of carbonyl (C=O) groups is 1. The Morgan fingerprint density at radius 1 is 1.12 bits per heavy atom. The van der Waals surface area contributed by atoms with Crippen LogP contribution in [0.5, 0.6) is 0 Å². The van der Waals surface area contributed by atoms with E-state index in [1.165, 1.54) is 23.3 Å². The highest BCUT2D eigenvalue weighted by Gasteiger charge is 2.28. The van der Waals surface area contributed by atoms with Crippen molar-refractivity contribution in [2.45, 2.75) is 43.5 Å². The van der Waals surface area contributed by atoms with Gasteiger partial charge < -0.3 is 4.90 Å². The lowest BCUT2D eigenvalue weighted by molar-refractivity contribution is 0.0985. The van der Waals surface area contributed by atoms with E-state index in [1.807, 2.05) is 12.1 Å². The maximum atomic E-state index is 13.0. The molecule has 0 spiro atoms. The first-order chi connectivity index (χ1) is 12.4. The molecule has 1 amide bonds. The van der Waals surface area contributed by atoms with Gasteiger partial charge in [0.05, 0.1) is 4.90 Å². The molecule has 26 heavy (non-hydrogen) atoms. The summed E-state index contributed by atoms with van der Waals surface area (Å²) in [4.78, 5) is 15.0. The molecule has 2 aliphatic rings. The van der Waals surface area contributed by atoms with Gasteiger partial charge in [-0.05, 0) is 68.5 Å². The van der Waals surface area contributed by atoms with Crippen molar-refractivity contribution >= 4 is 21.6 Å². The van der Waals surface area contributed by atoms with Crippen molar-refractivity contribution in [2.75, 3.05) is 11.4 Å². The van der Waals surface area contributed by atoms with Gasteiger partial charge in [-0.1, -0.05) is 17.7 Å². The Kier molecular flexibility index (Phi) is 4.32. The lowest BCUT2D eigenvalue weighted by Gasteiger charge is -2.30. The second-order valence-electron chi connectivity index (χ2n) is 7.11. The summed E-state index contributed by atoms with van der Waals surface area (Å²) >= 11 is 0. The summed E-state index contributed by atoms with van der Waals surface area (Å²) in [5.41, 5.74) is 3.84. The maximum absolute atomic E-state index is 13.0. The van der Waals surface area contributed by atoms with Crippen LogP contribution in [0.1, 0.15) is 40.7 Å². The number of benzene rings is 2. The van der Waals surface area contributed by atoms with E-state index in [0.29, 0.717) is 12.1 Å². The van der Waals surface area contributed by atoms with E-state index in [2.05, 4.69) is 17.7 Å². The van der Waals surface area contributed by atoms with Crippen LogP contribution >= 0.6 is 0 Å². The zero-order valence-electron chi connectivity index (χ0n) is 14.7. The van der Waals surface area contributed by atoms with Gasteiger partial charge in [0, 0.05) is 23.8 Å². The molecule has 1 saturated carbocycles. The number of rotatable bonds is 4. The van der Waals surface area contributed by atoms with Gasteiger partial charge in [0.1, 0.15) is 0 Å². The summed E-state index contributed by atoms with van der Waals surface area (Å²) in [5.74, 6) is -0.0890. The van der Waals surface area contributed by atoms with Crippen LogP contribution in [0.2, 0.25) is 0 Å². The molecular weight excluding hydrogens is 348 g/mol. The third-order valence-corrected chi connectivity index (χ3v) is 6.45. The maximum Gasteiger partial charge on any atom is 0.258 e. The zero-order chi connectivity index (χ0) is 18.3. The van der Waals surface area contributed by atoms with E-state index in [4.69, 9.17) is 0 Å². The van der Waals surface area contributed by atoms with Crippen LogP contribution in [0.4, 0.5) is 5.69 Å². The monoisotopic (exact) mass is 370 g/mol. The highest BCUT2D eigenvalue weighted by Crippen LogP contribution is 2.29. The summed E-state index contributed by atoms with van der Waals surface area (Å²) in [7, 11) is -3.49. The molecule has 0 saturated heterocycles. The summed E-state index contributed by atoms with van der Waals surface area (Å²) in [5, 5.41) is 0. The molecule has 0 atom stereocenters. The van der Waals surface area contributed by atoms with Crippen molar-refractivity contribution < 1.29 is 13.2 Å². The smallest absolute Gasteiger partial charge is 0.258 e. The molecule has 6 heteroatoms. The van der Waals surface area contributed by atoms with E-state index in [9.17, 15) is 13.2 Å². The molecule has 1 fully saturated rings. The Morgan fingerprint density at radius 2 is 1.85 bits per heavy atom. The molecule has 1 aliphatic carbocycles. The van der Waals surface area contributed by atoms with Gasteiger partial charge in [-0.25, -0.2) is 13.1 Å². The van der Waals surface area contributed by atoms with Gasteiger partial charge in [0.25, 0.3) is 5.91 Å². The highest BCUT2D eigenvalue weighted by atomic mass is 32.2. The molecule has 1 aliphatic heterocycles. The minimum atomic E-state index is -3.49. The molecule has 136 valence electrons. The molecule has 1 heterocycles. The van der Waals surface area contributed by atoms with E-state index in [-0.39, 0.29) is 16.8 Å². The topological polar surface area (TPSA) is 66.5 Å². The predicted molar refractivity (Wildman–Crippen MR) is 101 cm³/mol. The standard InChI is InChI=1S/C20H22N2O3S/c1-14-4-11-19-16(13-14)3-2-12-22(19)20(23)15-5-9-18(10-6-15)26(24,25)21-17-7-8-17/h4-6,9-11,13,17,21H,2-3,7-8,12H2,1H3. The fourth-order valence-electron chi connectivity index (χ4n) is 3.36. The van der Waals surface area contributed by atoms with Gasteiger partial charge in [0.15, 0.2) is 0 Å². The molecule has 1 N–H and O–H groups in total. The Morgan fingerprint density at radius 3 is 2.54 bits per heavy atom. The molecule has 0 bridgehead atoms. The summed E-state index contributed by atoms with van der Waals surface area (Å²) in [6.07, 6.45) is 3.69. The van der Waals surface area contributed by atoms with Crippen LogP contribution in [0.25, 0.3) is 0 Å². The quantitative estimate of drug-likeness (QED) is 0.900. The second kappa shape index (κ2) is 6.52. The predicted octanol–water partition coefficient (Wildman–Crippen LogP) is 3.03. The van der Waals surface area contributed by atoms with Crippen molar-refractivity contribution in [1.29, 1.82) is 0 Å². The van der Waals surface area contributed by atoms with Crippen molar-refractivity contribution in [3.05, 3.63) is 59.2 Å². The van der Waals surface area contributed by atoms with Gasteiger partial charge in [-0.15, -0.1) is 0 Å². The van der Waals surface area contributed by atoms with Crippen molar-refractivity contribution in [2.24, 2.45) is 0 Å². The third-order valence-electron chi connectivity index (χ3n) is 4.91. The molecule has 4 rings (SSSR count). The zero-order valence-corrected chi connectivity index (χ0v) is 15.6. The number of nitrogens with one attached hydrogen (secondary N) is 1. The number of hydrogen-bond donors (Lipinski definition) is 1. The number of fused-ring (bicyclic) bond motifs is 1. The Hall–Kier alpha value is -2.18. The Labute approximate surface area is 154 Å². The van der Waals surface area contributed by atoms with E-state index < -0.39 is 10.0 Å². The largest absolute Gasteiger partial charge is 0.308 e. The van der Waals surface area contributed by atoms with Crippen LogP contribution in [-0.4, -0.2) is 26.9 Å². The van der Waals surface area contributed by atoms with Crippen LogP contribution in [0, 0.1) is 6.92 Å². The summed E-state index contributed by atoms with van der Waals surface area (Å²) in [6, 6.07) is 12.4. The number of sulfonamides is 1. The first kappa shape index (κ1) is 17.2. The average Bonchev–Trinajstić information content (AvgIpc) is 3.44. The average molecular weight is 370 g/mol. The Balaban J connectivity index is 1.58. The summed E-state index contributed by atoms with van der Waals surface area (Å²) < 4.78 is 27.2. The summed E-state index contributed by atoms with van der Waals surface area (Å²) in [6.45, 7) is 2.73. The molecule has 0 unspecified atom stereocenters. The first-order valence-electron chi connectivity index (χ1n) is 8.98. The normalized spacial score (nSPS) is 17.0. The molecule has 2 aromatic rings. The van der Waals surface area contributed by atoms with Crippen molar-refractivity contribution in [3.8, 4) is 0 Å². The van der Waals surface area contributed by atoms with Crippen molar-refractivity contribution in [3.63, 3.8) is 0 Å². The fourth-order valence-corrected chi connectivity index (χ4v) is 4.66. The number of anilines is 1. The van der Waals surface area contributed by atoms with Gasteiger partial charge in [-0.2, -0.15) is 0 Å². The van der Waals surface area contributed by atoms with Gasteiger partial charge in [0.2, 0.25) is 10.0 Å². The van der Waals surface area contributed by atoms with Crippen LogP contribution in [0.15, 0.2) is 47.4 Å². The number of amides is 1. The minimum absolute atomic E-state index is 0.0645. The van der Waals surface area contributed by atoms with Gasteiger partial charge >= 0.3 is 0 Å². The second-order valence-corrected chi connectivity index (χ2v) is 8.83. The number of aryl methyl sites for hydroxylation is 2.